The first kappa shape index (κ1) is 19.1. The van der Waals surface area contributed by atoms with E-state index in [1.165, 1.54) is 6.07 Å². The van der Waals surface area contributed by atoms with Gasteiger partial charge in [0, 0.05) is 25.2 Å². The molecule has 0 saturated heterocycles. The number of anilines is 1. The molecular formula is C20H24FN3O3. The highest BCUT2D eigenvalue weighted by Crippen LogP contribution is 2.39. The van der Waals surface area contributed by atoms with Gasteiger partial charge >= 0.3 is 0 Å². The number of aromatic hydroxyl groups is 1. The van der Waals surface area contributed by atoms with Crippen LogP contribution in [0.15, 0.2) is 36.4 Å². The number of nitrogens with one attached hydrogen (secondary N) is 2. The fraction of sp³-hybridized carbons (Fsp3) is 0.350. The minimum Gasteiger partial charge on any atom is -0.506 e. The van der Waals surface area contributed by atoms with Crippen LogP contribution in [0.4, 0.5) is 10.1 Å². The molecule has 0 atom stereocenters. The predicted molar refractivity (Wildman–Crippen MR) is 102 cm³/mol. The van der Waals surface area contributed by atoms with Crippen molar-refractivity contribution in [3.8, 4) is 11.5 Å². The van der Waals surface area contributed by atoms with E-state index >= 15 is 0 Å². The third-order valence-corrected chi connectivity index (χ3v) is 4.47. The van der Waals surface area contributed by atoms with E-state index in [2.05, 4.69) is 15.5 Å². The van der Waals surface area contributed by atoms with Gasteiger partial charge in [0.1, 0.15) is 17.3 Å². The van der Waals surface area contributed by atoms with Crippen LogP contribution in [0.2, 0.25) is 0 Å². The average molecular weight is 373 g/mol. The number of ether oxygens (including phenoxy) is 1. The maximum atomic E-state index is 13.7. The lowest BCUT2D eigenvalue weighted by Gasteiger charge is -2.22. The van der Waals surface area contributed by atoms with Crippen molar-refractivity contribution in [3.05, 3.63) is 53.3 Å². The van der Waals surface area contributed by atoms with Crippen LogP contribution in [0.25, 0.3) is 0 Å². The van der Waals surface area contributed by atoms with Gasteiger partial charge in [-0.25, -0.2) is 4.39 Å². The standard InChI is InChI=1S/C20H24FN3O3/c1-24(12-15-4-2-3-5-16(15)21)11-10-22-9-8-14-6-7-17(25)19-20(14)27-13-18(26)23-19/h2-7,22,25H,8-13H2,1H3,(H,23,26). The van der Waals surface area contributed by atoms with E-state index in [1.54, 1.807) is 24.3 Å². The van der Waals surface area contributed by atoms with Crippen molar-refractivity contribution in [3.63, 3.8) is 0 Å². The Kier molecular flexibility index (Phi) is 6.26. The lowest BCUT2D eigenvalue weighted by atomic mass is 10.1. The van der Waals surface area contributed by atoms with Crippen molar-refractivity contribution in [1.29, 1.82) is 0 Å². The first-order valence-corrected chi connectivity index (χ1v) is 8.94. The molecular weight excluding hydrogens is 349 g/mol. The molecule has 0 fully saturated rings. The van der Waals surface area contributed by atoms with Gasteiger partial charge in [0.15, 0.2) is 12.4 Å². The van der Waals surface area contributed by atoms with Crippen LogP contribution >= 0.6 is 0 Å². The fourth-order valence-corrected chi connectivity index (χ4v) is 3.03. The fourth-order valence-electron chi connectivity index (χ4n) is 3.03. The first-order valence-electron chi connectivity index (χ1n) is 8.94. The maximum Gasteiger partial charge on any atom is 0.262 e. The van der Waals surface area contributed by atoms with E-state index in [0.717, 1.165) is 25.2 Å². The quantitative estimate of drug-likeness (QED) is 0.488. The van der Waals surface area contributed by atoms with Crippen molar-refractivity contribution in [2.24, 2.45) is 0 Å². The SMILES string of the molecule is CN(CCNCCc1ccc(O)c2c1OCC(=O)N2)Cc1ccccc1F. The number of phenols is 1. The summed E-state index contributed by atoms with van der Waals surface area (Å²) in [6, 6.07) is 10.2. The molecule has 2 aromatic rings. The molecule has 0 aromatic heterocycles. The molecule has 3 N–H and O–H groups in total. The molecule has 2 aromatic carbocycles. The highest BCUT2D eigenvalue weighted by atomic mass is 19.1. The number of phenolic OH excluding ortho intramolecular Hbond substituents is 1. The van der Waals surface area contributed by atoms with E-state index in [1.807, 2.05) is 13.1 Å². The average Bonchev–Trinajstić information content (AvgIpc) is 2.65. The Bertz CT molecular complexity index is 813. The minimum absolute atomic E-state index is 0.00419. The summed E-state index contributed by atoms with van der Waals surface area (Å²) in [5.41, 5.74) is 1.96. The van der Waals surface area contributed by atoms with Gasteiger partial charge in [-0.3, -0.25) is 4.79 Å². The van der Waals surface area contributed by atoms with Crippen LogP contribution in [0.3, 0.4) is 0 Å². The molecule has 0 aliphatic carbocycles. The Hall–Kier alpha value is -2.64. The summed E-state index contributed by atoms with van der Waals surface area (Å²) in [7, 11) is 1.96. The van der Waals surface area contributed by atoms with Gasteiger partial charge in [-0.15, -0.1) is 0 Å². The number of carbonyl (C=O) groups excluding carboxylic acids is 1. The molecule has 0 radical (unpaired) electrons. The van der Waals surface area contributed by atoms with Crippen LogP contribution < -0.4 is 15.4 Å². The van der Waals surface area contributed by atoms with E-state index < -0.39 is 0 Å². The molecule has 1 aliphatic rings. The molecule has 1 heterocycles. The predicted octanol–water partition coefficient (Wildman–Crippen LogP) is 2.13. The molecule has 0 bridgehead atoms. The molecule has 0 spiro atoms. The van der Waals surface area contributed by atoms with Crippen molar-refractivity contribution in [1.82, 2.24) is 10.2 Å². The summed E-state index contributed by atoms with van der Waals surface area (Å²) < 4.78 is 19.2. The number of hydrogen-bond donors (Lipinski definition) is 3. The van der Waals surface area contributed by atoms with Crippen LogP contribution in [-0.4, -0.2) is 49.2 Å². The third-order valence-electron chi connectivity index (χ3n) is 4.47. The molecule has 1 amide bonds. The van der Waals surface area contributed by atoms with Gasteiger partial charge in [0.2, 0.25) is 0 Å². The van der Waals surface area contributed by atoms with Crippen LogP contribution in [0.1, 0.15) is 11.1 Å². The lowest BCUT2D eigenvalue weighted by molar-refractivity contribution is -0.118. The van der Waals surface area contributed by atoms with E-state index in [9.17, 15) is 14.3 Å². The van der Waals surface area contributed by atoms with Crippen LogP contribution in [0, 0.1) is 5.82 Å². The summed E-state index contributed by atoms with van der Waals surface area (Å²) >= 11 is 0. The molecule has 6 nitrogen and oxygen atoms in total. The van der Waals surface area contributed by atoms with Gasteiger partial charge in [-0.05, 0) is 37.7 Å². The van der Waals surface area contributed by atoms with E-state index in [0.29, 0.717) is 30.0 Å². The Balaban J connectivity index is 1.44. The van der Waals surface area contributed by atoms with Gasteiger partial charge in [-0.1, -0.05) is 24.3 Å². The number of halogens is 1. The van der Waals surface area contributed by atoms with E-state index in [4.69, 9.17) is 4.74 Å². The van der Waals surface area contributed by atoms with E-state index in [-0.39, 0.29) is 24.1 Å². The van der Waals surface area contributed by atoms with Crippen molar-refractivity contribution in [2.75, 3.05) is 38.6 Å². The van der Waals surface area contributed by atoms with Crippen molar-refractivity contribution >= 4 is 11.6 Å². The number of fused-ring (bicyclic) bond motifs is 1. The Morgan fingerprint density at radius 2 is 2.04 bits per heavy atom. The molecule has 144 valence electrons. The monoisotopic (exact) mass is 373 g/mol. The summed E-state index contributed by atoms with van der Waals surface area (Å²) in [5, 5.41) is 15.9. The highest BCUT2D eigenvalue weighted by molar-refractivity contribution is 5.97. The summed E-state index contributed by atoms with van der Waals surface area (Å²) in [4.78, 5) is 13.5. The topological polar surface area (TPSA) is 73.8 Å². The zero-order valence-corrected chi connectivity index (χ0v) is 15.3. The second-order valence-electron chi connectivity index (χ2n) is 6.61. The van der Waals surface area contributed by atoms with Gasteiger partial charge in [0.25, 0.3) is 5.91 Å². The smallest absolute Gasteiger partial charge is 0.262 e. The minimum atomic E-state index is -0.272. The second-order valence-corrected chi connectivity index (χ2v) is 6.61. The van der Waals surface area contributed by atoms with Gasteiger partial charge in [0.05, 0.1) is 0 Å². The molecule has 7 heteroatoms. The number of amides is 1. The number of hydrogen-bond acceptors (Lipinski definition) is 5. The normalized spacial score (nSPS) is 13.2. The number of likely N-dealkylation sites (N-methyl/N-ethyl adjacent to an activating group) is 1. The zero-order valence-electron chi connectivity index (χ0n) is 15.3. The van der Waals surface area contributed by atoms with Gasteiger partial charge in [-0.2, -0.15) is 0 Å². The maximum absolute atomic E-state index is 13.7. The lowest BCUT2D eigenvalue weighted by Crippen LogP contribution is -2.30. The molecule has 0 unspecified atom stereocenters. The second kappa shape index (κ2) is 8.83. The Morgan fingerprint density at radius 3 is 2.85 bits per heavy atom. The number of rotatable bonds is 8. The van der Waals surface area contributed by atoms with Crippen LogP contribution in [-0.2, 0) is 17.8 Å². The summed E-state index contributed by atoms with van der Waals surface area (Å²) in [6.07, 6.45) is 0.704. The first-order chi connectivity index (χ1) is 13.0. The highest BCUT2D eigenvalue weighted by Gasteiger charge is 2.22. The Labute approximate surface area is 157 Å². The largest absolute Gasteiger partial charge is 0.506 e. The van der Waals surface area contributed by atoms with Crippen molar-refractivity contribution in [2.45, 2.75) is 13.0 Å². The third kappa shape index (κ3) is 4.96. The number of carbonyl (C=O) groups is 1. The number of benzene rings is 2. The summed E-state index contributed by atoms with van der Waals surface area (Å²) in [6.45, 7) is 2.80. The molecule has 27 heavy (non-hydrogen) atoms. The van der Waals surface area contributed by atoms with Crippen LogP contribution in [0.5, 0.6) is 11.5 Å². The van der Waals surface area contributed by atoms with Crippen molar-refractivity contribution < 1.29 is 19.0 Å². The zero-order chi connectivity index (χ0) is 19.2. The number of nitrogens with zero attached hydrogens (tertiary/aromatic N) is 1. The molecule has 3 rings (SSSR count). The summed E-state index contributed by atoms with van der Waals surface area (Å²) in [5.74, 6) is 0.0880. The molecule has 0 saturated carbocycles. The molecule has 1 aliphatic heterocycles. The Morgan fingerprint density at radius 1 is 1.22 bits per heavy atom. The van der Waals surface area contributed by atoms with Gasteiger partial charge < -0.3 is 25.4 Å².